The number of para-hydroxylation sites is 2. The van der Waals surface area contributed by atoms with E-state index in [0.717, 1.165) is 37.8 Å². The van der Waals surface area contributed by atoms with Crippen LogP contribution in [0.2, 0.25) is 0 Å². The van der Waals surface area contributed by atoms with Crippen LogP contribution >= 0.6 is 24.0 Å². The Hall–Kier alpha value is -2.54. The second-order valence-electron chi connectivity index (χ2n) is 6.55. The predicted molar refractivity (Wildman–Crippen MR) is 123 cm³/mol. The smallest absolute Gasteiger partial charge is 0.194 e. The number of phenolic OH excluding ortho intramolecular Hbond substituents is 1. The van der Waals surface area contributed by atoms with E-state index < -0.39 is 0 Å². The van der Waals surface area contributed by atoms with Gasteiger partial charge in [0.2, 0.25) is 0 Å². The monoisotopic (exact) mass is 509 g/mol. The van der Waals surface area contributed by atoms with Gasteiger partial charge in [0.15, 0.2) is 5.96 Å². The van der Waals surface area contributed by atoms with Gasteiger partial charge in [0.25, 0.3) is 0 Å². The van der Waals surface area contributed by atoms with Crippen LogP contribution in [0.1, 0.15) is 18.1 Å². The van der Waals surface area contributed by atoms with Crippen molar-refractivity contribution in [3.05, 3.63) is 59.4 Å². The fourth-order valence-electron chi connectivity index (χ4n) is 3.24. The molecule has 0 unspecified atom stereocenters. The first-order chi connectivity index (χ1) is 13.6. The molecule has 0 spiro atoms. The molecule has 0 aliphatic carbocycles. The van der Waals surface area contributed by atoms with E-state index in [9.17, 15) is 9.50 Å². The summed E-state index contributed by atoms with van der Waals surface area (Å²) in [6.07, 6.45) is 0. The number of nitriles is 1. The summed E-state index contributed by atoms with van der Waals surface area (Å²) >= 11 is 0. The minimum absolute atomic E-state index is 0. The summed E-state index contributed by atoms with van der Waals surface area (Å²) in [4.78, 5) is 8.85. The number of phenols is 1. The van der Waals surface area contributed by atoms with Crippen molar-refractivity contribution in [3.8, 4) is 11.8 Å². The quantitative estimate of drug-likeness (QED) is 0.376. The van der Waals surface area contributed by atoms with Gasteiger partial charge in [-0.2, -0.15) is 5.26 Å². The number of rotatable bonds is 4. The highest BCUT2D eigenvalue weighted by molar-refractivity contribution is 14.0. The van der Waals surface area contributed by atoms with Crippen LogP contribution in [-0.2, 0) is 6.54 Å². The largest absolute Gasteiger partial charge is 0.506 e. The maximum Gasteiger partial charge on any atom is 0.194 e. The molecule has 0 radical (unpaired) electrons. The average Bonchev–Trinajstić information content (AvgIpc) is 2.73. The third kappa shape index (κ3) is 5.73. The lowest BCUT2D eigenvalue weighted by Gasteiger charge is -2.37. The van der Waals surface area contributed by atoms with Gasteiger partial charge in [-0.15, -0.1) is 24.0 Å². The predicted octanol–water partition coefficient (Wildman–Crippen LogP) is 3.31. The summed E-state index contributed by atoms with van der Waals surface area (Å²) in [6, 6.07) is 13.7. The van der Waals surface area contributed by atoms with Gasteiger partial charge < -0.3 is 20.2 Å². The Bertz CT molecular complexity index is 891. The number of piperazine rings is 1. The van der Waals surface area contributed by atoms with E-state index in [-0.39, 0.29) is 42.1 Å². The Labute approximate surface area is 187 Å². The maximum atomic E-state index is 14.0. The minimum Gasteiger partial charge on any atom is -0.506 e. The van der Waals surface area contributed by atoms with E-state index >= 15 is 0 Å². The summed E-state index contributed by atoms with van der Waals surface area (Å²) in [5, 5.41) is 22.3. The van der Waals surface area contributed by atoms with Gasteiger partial charge in [-0.25, -0.2) is 9.38 Å². The van der Waals surface area contributed by atoms with E-state index in [1.165, 1.54) is 12.1 Å². The number of benzene rings is 2. The summed E-state index contributed by atoms with van der Waals surface area (Å²) in [6.45, 7) is 5.84. The highest BCUT2D eigenvalue weighted by Crippen LogP contribution is 2.27. The molecule has 0 bridgehead atoms. The van der Waals surface area contributed by atoms with Crippen LogP contribution in [-0.4, -0.2) is 48.7 Å². The molecule has 1 aliphatic heterocycles. The Balaban J connectivity index is 0.00000300. The summed E-state index contributed by atoms with van der Waals surface area (Å²) < 4.78 is 14.0. The highest BCUT2D eigenvalue weighted by Gasteiger charge is 2.21. The van der Waals surface area contributed by atoms with E-state index in [4.69, 9.17) is 5.26 Å². The number of aromatic hydroxyl groups is 1. The van der Waals surface area contributed by atoms with Gasteiger partial charge in [-0.3, -0.25) is 0 Å². The Morgan fingerprint density at radius 2 is 1.93 bits per heavy atom. The molecule has 6 nitrogen and oxygen atoms in total. The second-order valence-corrected chi connectivity index (χ2v) is 6.55. The SMILES string of the molecule is CCNC(=NCc1cc(C#N)ccc1F)N1CCN(c2ccccc2O)CC1.I. The van der Waals surface area contributed by atoms with Crippen molar-refractivity contribution in [2.75, 3.05) is 37.6 Å². The number of nitrogens with one attached hydrogen (secondary N) is 1. The highest BCUT2D eigenvalue weighted by atomic mass is 127. The molecule has 2 aromatic rings. The van der Waals surface area contributed by atoms with Crippen molar-refractivity contribution >= 4 is 35.6 Å². The molecular weight excluding hydrogens is 484 g/mol. The second kappa shape index (κ2) is 10.9. The van der Waals surface area contributed by atoms with E-state index in [1.807, 2.05) is 31.2 Å². The summed E-state index contributed by atoms with van der Waals surface area (Å²) in [7, 11) is 0. The van der Waals surface area contributed by atoms with E-state index in [0.29, 0.717) is 17.7 Å². The molecule has 0 aromatic heterocycles. The number of nitrogens with zero attached hydrogens (tertiary/aromatic N) is 4. The van der Waals surface area contributed by atoms with Gasteiger partial charge in [-0.05, 0) is 37.3 Å². The molecule has 3 rings (SSSR count). The number of aliphatic imine (C=N–C) groups is 1. The fourth-order valence-corrected chi connectivity index (χ4v) is 3.24. The zero-order chi connectivity index (χ0) is 19.9. The fraction of sp³-hybridized carbons (Fsp3) is 0.333. The molecule has 1 heterocycles. The lowest BCUT2D eigenvalue weighted by Crippen LogP contribution is -2.52. The van der Waals surface area contributed by atoms with Crippen molar-refractivity contribution in [2.45, 2.75) is 13.5 Å². The summed E-state index contributed by atoms with van der Waals surface area (Å²) in [5.41, 5.74) is 1.66. The van der Waals surface area contributed by atoms with Gasteiger partial charge in [0, 0.05) is 38.3 Å². The van der Waals surface area contributed by atoms with Crippen LogP contribution in [0.4, 0.5) is 10.1 Å². The van der Waals surface area contributed by atoms with Gasteiger partial charge >= 0.3 is 0 Å². The van der Waals surface area contributed by atoms with Crippen molar-refractivity contribution in [3.63, 3.8) is 0 Å². The Morgan fingerprint density at radius 1 is 1.21 bits per heavy atom. The van der Waals surface area contributed by atoms with Gasteiger partial charge in [-0.1, -0.05) is 12.1 Å². The van der Waals surface area contributed by atoms with Crippen LogP contribution < -0.4 is 10.2 Å². The first kappa shape index (κ1) is 22.7. The molecule has 0 atom stereocenters. The lowest BCUT2D eigenvalue weighted by molar-refractivity contribution is 0.369. The van der Waals surface area contributed by atoms with Crippen molar-refractivity contribution < 1.29 is 9.50 Å². The third-order valence-corrected chi connectivity index (χ3v) is 4.71. The summed E-state index contributed by atoms with van der Waals surface area (Å²) in [5.74, 6) is 0.647. The number of halogens is 2. The Kier molecular flexibility index (Phi) is 8.51. The molecule has 29 heavy (non-hydrogen) atoms. The first-order valence-electron chi connectivity index (χ1n) is 9.37. The molecule has 2 aromatic carbocycles. The lowest BCUT2D eigenvalue weighted by atomic mass is 10.1. The number of guanidine groups is 1. The van der Waals surface area contributed by atoms with E-state index in [1.54, 1.807) is 12.1 Å². The zero-order valence-corrected chi connectivity index (χ0v) is 18.6. The van der Waals surface area contributed by atoms with Crippen molar-refractivity contribution in [1.29, 1.82) is 5.26 Å². The van der Waals surface area contributed by atoms with Crippen molar-refractivity contribution in [1.82, 2.24) is 10.2 Å². The molecule has 1 aliphatic rings. The normalized spacial score (nSPS) is 14.2. The van der Waals surface area contributed by atoms with Gasteiger partial charge in [0.05, 0.1) is 23.9 Å². The third-order valence-electron chi connectivity index (χ3n) is 4.71. The zero-order valence-electron chi connectivity index (χ0n) is 16.3. The average molecular weight is 509 g/mol. The Morgan fingerprint density at radius 3 is 2.59 bits per heavy atom. The molecule has 0 amide bonds. The molecule has 2 N–H and O–H groups in total. The van der Waals surface area contributed by atoms with Gasteiger partial charge in [0.1, 0.15) is 11.6 Å². The minimum atomic E-state index is -0.358. The number of hydrogen-bond donors (Lipinski definition) is 2. The van der Waals surface area contributed by atoms with E-state index in [2.05, 4.69) is 20.1 Å². The number of anilines is 1. The molecule has 1 saturated heterocycles. The topological polar surface area (TPSA) is 74.9 Å². The molecule has 8 heteroatoms. The molecule has 154 valence electrons. The van der Waals surface area contributed by atoms with Crippen LogP contribution in [0.15, 0.2) is 47.5 Å². The molecule has 0 saturated carbocycles. The van der Waals surface area contributed by atoms with Crippen molar-refractivity contribution in [2.24, 2.45) is 4.99 Å². The van der Waals surface area contributed by atoms with Crippen LogP contribution in [0.25, 0.3) is 0 Å². The van der Waals surface area contributed by atoms with Crippen LogP contribution in [0.3, 0.4) is 0 Å². The molecule has 1 fully saturated rings. The molecular formula is C21H25FIN5O. The standard InChI is InChI=1S/C21H24FN5O.HI/c1-2-24-21(25-15-17-13-16(14-23)7-8-18(17)22)27-11-9-26(10-12-27)19-5-3-4-6-20(19)28;/h3-8,13,28H,2,9-12,15H2,1H3,(H,24,25);1H. The maximum absolute atomic E-state index is 14.0. The van der Waals surface area contributed by atoms with Crippen LogP contribution in [0, 0.1) is 17.1 Å². The number of hydrogen-bond acceptors (Lipinski definition) is 4. The first-order valence-corrected chi connectivity index (χ1v) is 9.37. The van der Waals surface area contributed by atoms with Crippen LogP contribution in [0.5, 0.6) is 5.75 Å².